The molecule has 0 fully saturated rings. The number of hydrogen-bond donors (Lipinski definition) is 2. The lowest BCUT2D eigenvalue weighted by Gasteiger charge is -2.12. The van der Waals surface area contributed by atoms with Crippen LogP contribution in [0.1, 0.15) is 35.3 Å². The predicted molar refractivity (Wildman–Crippen MR) is 149 cm³/mol. The van der Waals surface area contributed by atoms with Crippen molar-refractivity contribution in [1.82, 2.24) is 15.6 Å². The normalized spacial score (nSPS) is 12.4. The predicted octanol–water partition coefficient (Wildman–Crippen LogP) is 4.98. The highest BCUT2D eigenvalue weighted by atomic mass is 32.2. The van der Waals surface area contributed by atoms with Gasteiger partial charge in [-0.15, -0.1) is 0 Å². The summed E-state index contributed by atoms with van der Waals surface area (Å²) in [6.45, 7) is 8.39. The number of esters is 1. The van der Waals surface area contributed by atoms with E-state index in [1.807, 2.05) is 48.7 Å². The first kappa shape index (κ1) is 28.3. The monoisotopic (exact) mass is 505 g/mol. The number of amides is 2. The molecule has 2 N–H and O–H groups in total. The molecule has 0 atom stereocenters. The molecule has 0 spiro atoms. The Morgan fingerprint density at radius 2 is 1.89 bits per heavy atom. The molecule has 8 nitrogen and oxygen atoms in total. The van der Waals surface area contributed by atoms with Crippen LogP contribution in [0.4, 0.5) is 4.79 Å². The first-order valence-corrected chi connectivity index (χ1v) is 12.3. The number of allylic oxidation sites excluding steroid dienone is 2. The fraction of sp³-hybridized carbons (Fsp3) is 0.222. The maximum atomic E-state index is 12.3. The minimum Gasteiger partial charge on any atom is -0.462 e. The van der Waals surface area contributed by atoms with E-state index in [9.17, 15) is 9.59 Å². The lowest BCUT2D eigenvalue weighted by molar-refractivity contribution is 0.0526. The van der Waals surface area contributed by atoms with Gasteiger partial charge >= 0.3 is 12.0 Å². The minimum atomic E-state index is -0.467. The quantitative estimate of drug-likeness (QED) is 0.194. The van der Waals surface area contributed by atoms with E-state index >= 15 is 0 Å². The van der Waals surface area contributed by atoms with Crippen LogP contribution in [-0.2, 0) is 4.74 Å². The molecule has 36 heavy (non-hydrogen) atoms. The molecule has 2 aromatic rings. The van der Waals surface area contributed by atoms with E-state index < -0.39 is 5.97 Å². The number of benzene rings is 1. The standard InChI is InChI=1S/C27H31N5O3S/c1-5-23(25(28-4)36-14-13-20-11-9-8-10-12-20)24(18-30-19-32-27(34)31-6-2)21-15-22(17-29-16-21)26(33)35-7-3/h5,8-18H,1,6-7,19H2,2-4H3,(H2,31,32,34)/b14-13+,24-23-,28-25?,30-18-. The third kappa shape index (κ3) is 8.99. The average molecular weight is 506 g/mol. The summed E-state index contributed by atoms with van der Waals surface area (Å²) in [6, 6.07) is 11.3. The van der Waals surface area contributed by atoms with Crippen molar-refractivity contribution >= 4 is 46.7 Å². The van der Waals surface area contributed by atoms with Gasteiger partial charge in [0.1, 0.15) is 11.7 Å². The first-order valence-electron chi connectivity index (χ1n) is 11.4. The van der Waals surface area contributed by atoms with E-state index in [1.54, 1.807) is 38.5 Å². The lowest BCUT2D eigenvalue weighted by atomic mass is 10.0. The summed E-state index contributed by atoms with van der Waals surface area (Å²) < 4.78 is 5.12. The van der Waals surface area contributed by atoms with Crippen LogP contribution in [0.15, 0.2) is 82.4 Å². The molecule has 0 aliphatic heterocycles. The van der Waals surface area contributed by atoms with Crippen LogP contribution in [0.2, 0.25) is 0 Å². The van der Waals surface area contributed by atoms with Gasteiger partial charge in [0.2, 0.25) is 0 Å². The second kappa shape index (κ2) is 15.8. The number of aliphatic imine (C=N–C) groups is 2. The summed E-state index contributed by atoms with van der Waals surface area (Å²) in [6.07, 6.45) is 8.36. The molecular formula is C27H31N5O3S. The van der Waals surface area contributed by atoms with Crippen molar-refractivity contribution < 1.29 is 14.3 Å². The summed E-state index contributed by atoms with van der Waals surface area (Å²) in [5.41, 5.74) is 3.35. The molecule has 2 rings (SSSR count). The van der Waals surface area contributed by atoms with Crippen molar-refractivity contribution in [2.75, 3.05) is 26.9 Å². The van der Waals surface area contributed by atoms with Crippen molar-refractivity contribution in [3.63, 3.8) is 0 Å². The molecule has 0 radical (unpaired) electrons. The number of nitrogens with one attached hydrogen (secondary N) is 2. The Labute approximate surface area is 216 Å². The van der Waals surface area contributed by atoms with Gasteiger partial charge in [-0.05, 0) is 37.0 Å². The van der Waals surface area contributed by atoms with E-state index in [1.165, 1.54) is 18.0 Å². The highest BCUT2D eigenvalue weighted by molar-refractivity contribution is 8.17. The van der Waals surface area contributed by atoms with Crippen LogP contribution in [0.5, 0.6) is 0 Å². The topological polar surface area (TPSA) is 105 Å². The molecule has 0 unspecified atom stereocenters. The van der Waals surface area contributed by atoms with Gasteiger partial charge in [-0.25, -0.2) is 9.59 Å². The number of urea groups is 1. The van der Waals surface area contributed by atoms with E-state index in [-0.39, 0.29) is 19.3 Å². The summed E-state index contributed by atoms with van der Waals surface area (Å²) in [4.78, 5) is 37.0. The Kier molecular flexibility index (Phi) is 12.4. The Balaban J connectivity index is 2.44. The van der Waals surface area contributed by atoms with E-state index in [4.69, 9.17) is 4.74 Å². The third-order valence-corrected chi connectivity index (χ3v) is 5.51. The number of carbonyl (C=O) groups excluding carboxylic acids is 2. The van der Waals surface area contributed by atoms with Crippen LogP contribution in [0.25, 0.3) is 11.6 Å². The SMILES string of the molecule is C=C/C(C(=NC)S/C=C/c1ccccc1)=C(\C=N/CNC(=O)NCC)c1cncc(C(=O)OCC)c1. The molecule has 1 aromatic heterocycles. The van der Waals surface area contributed by atoms with Gasteiger partial charge in [-0.3, -0.25) is 15.0 Å². The Morgan fingerprint density at radius 1 is 1.14 bits per heavy atom. The highest BCUT2D eigenvalue weighted by Gasteiger charge is 2.15. The molecule has 1 heterocycles. The molecule has 0 aliphatic rings. The molecule has 0 saturated carbocycles. The molecule has 9 heteroatoms. The van der Waals surface area contributed by atoms with Gasteiger partial charge in [-0.1, -0.05) is 54.7 Å². The minimum absolute atomic E-state index is 0.0599. The second-order valence-electron chi connectivity index (χ2n) is 7.08. The van der Waals surface area contributed by atoms with Crippen LogP contribution in [0, 0.1) is 0 Å². The van der Waals surface area contributed by atoms with Crippen molar-refractivity contribution in [1.29, 1.82) is 0 Å². The van der Waals surface area contributed by atoms with E-state index in [0.29, 0.717) is 33.9 Å². The molecule has 0 bridgehead atoms. The van der Waals surface area contributed by atoms with Crippen LogP contribution in [0.3, 0.4) is 0 Å². The molecule has 2 amide bonds. The molecular weight excluding hydrogens is 474 g/mol. The van der Waals surface area contributed by atoms with E-state index in [0.717, 1.165) is 5.56 Å². The van der Waals surface area contributed by atoms with Gasteiger partial charge in [0.25, 0.3) is 0 Å². The second-order valence-corrected chi connectivity index (χ2v) is 7.97. The Morgan fingerprint density at radius 3 is 2.56 bits per heavy atom. The van der Waals surface area contributed by atoms with Crippen molar-refractivity contribution in [2.24, 2.45) is 9.98 Å². The van der Waals surface area contributed by atoms with Crippen molar-refractivity contribution in [3.8, 4) is 0 Å². The summed E-state index contributed by atoms with van der Waals surface area (Å²) in [5, 5.41) is 7.94. The number of aromatic nitrogens is 1. The van der Waals surface area contributed by atoms with Crippen molar-refractivity contribution in [3.05, 3.63) is 89.1 Å². The Bertz CT molecular complexity index is 1160. The fourth-order valence-corrected chi connectivity index (χ4v) is 3.76. The number of thioether (sulfide) groups is 1. The van der Waals surface area contributed by atoms with Crippen LogP contribution in [-0.4, -0.2) is 55.1 Å². The van der Waals surface area contributed by atoms with Gasteiger partial charge in [0.05, 0.1) is 12.2 Å². The summed E-state index contributed by atoms with van der Waals surface area (Å²) in [5.74, 6) is -0.467. The summed E-state index contributed by atoms with van der Waals surface area (Å²) in [7, 11) is 1.70. The maximum absolute atomic E-state index is 12.3. The fourth-order valence-electron chi connectivity index (χ4n) is 2.98. The summed E-state index contributed by atoms with van der Waals surface area (Å²) >= 11 is 1.43. The van der Waals surface area contributed by atoms with Crippen molar-refractivity contribution in [2.45, 2.75) is 13.8 Å². The molecule has 0 aliphatic carbocycles. The number of ether oxygens (including phenoxy) is 1. The van der Waals surface area contributed by atoms with E-state index in [2.05, 4.69) is 32.2 Å². The number of pyridine rings is 1. The Hall–Kier alpha value is -3.98. The van der Waals surface area contributed by atoms with Gasteiger partial charge in [0.15, 0.2) is 0 Å². The lowest BCUT2D eigenvalue weighted by Crippen LogP contribution is -2.35. The number of hydrogen-bond acceptors (Lipinski definition) is 7. The highest BCUT2D eigenvalue weighted by Crippen LogP contribution is 2.25. The number of carbonyl (C=O) groups is 2. The molecule has 188 valence electrons. The maximum Gasteiger partial charge on any atom is 0.339 e. The number of rotatable bonds is 11. The van der Waals surface area contributed by atoms with Gasteiger partial charge in [0, 0.05) is 48.9 Å². The van der Waals surface area contributed by atoms with Gasteiger partial charge in [-0.2, -0.15) is 0 Å². The molecule has 1 aromatic carbocycles. The molecule has 0 saturated heterocycles. The van der Waals surface area contributed by atoms with Crippen LogP contribution >= 0.6 is 11.8 Å². The number of nitrogens with zero attached hydrogens (tertiary/aromatic N) is 3. The largest absolute Gasteiger partial charge is 0.462 e. The smallest absolute Gasteiger partial charge is 0.339 e. The first-order chi connectivity index (χ1) is 17.5. The third-order valence-electron chi connectivity index (χ3n) is 4.62. The van der Waals surface area contributed by atoms with Gasteiger partial charge < -0.3 is 15.4 Å². The van der Waals surface area contributed by atoms with Crippen LogP contribution < -0.4 is 10.6 Å². The zero-order valence-corrected chi connectivity index (χ0v) is 21.5. The zero-order valence-electron chi connectivity index (χ0n) is 20.7. The average Bonchev–Trinajstić information content (AvgIpc) is 2.90. The zero-order chi connectivity index (χ0) is 26.2.